The Bertz CT molecular complexity index is 416. The molecule has 0 aliphatic heterocycles. The number of nitrogen functional groups attached to an aromatic ring is 1. The van der Waals surface area contributed by atoms with Crippen molar-refractivity contribution in [2.24, 2.45) is 11.8 Å². The van der Waals surface area contributed by atoms with E-state index in [0.717, 1.165) is 12.1 Å². The molecule has 0 aliphatic rings. The molecule has 0 fully saturated rings. The molecule has 3 N–H and O–H groups in total. The first kappa shape index (κ1) is 14.5. The molecule has 0 radical (unpaired) electrons. The molecule has 4 heteroatoms. The van der Waals surface area contributed by atoms with E-state index in [-0.39, 0.29) is 5.91 Å². The lowest BCUT2D eigenvalue weighted by atomic mass is 9.98. The van der Waals surface area contributed by atoms with E-state index in [0.29, 0.717) is 29.8 Å². The third kappa shape index (κ3) is 4.02. The quantitative estimate of drug-likeness (QED) is 0.841. The number of nitrogens with zero attached hydrogens (tertiary/aromatic N) is 1. The topological polar surface area (TPSA) is 68.0 Å². The van der Waals surface area contributed by atoms with Crippen LogP contribution in [0.5, 0.6) is 0 Å². The van der Waals surface area contributed by atoms with Gasteiger partial charge in [0.15, 0.2) is 0 Å². The van der Waals surface area contributed by atoms with Crippen molar-refractivity contribution in [3.05, 3.63) is 23.4 Å². The van der Waals surface area contributed by atoms with Gasteiger partial charge in [-0.15, -0.1) is 0 Å². The Hall–Kier alpha value is -1.58. The molecule has 1 unspecified atom stereocenters. The minimum atomic E-state index is -0.0775. The fourth-order valence-corrected chi connectivity index (χ4v) is 1.51. The summed E-state index contributed by atoms with van der Waals surface area (Å²) in [6.07, 6.45) is 0.772. The molecule has 1 heterocycles. The largest absolute Gasteiger partial charge is 0.384 e. The van der Waals surface area contributed by atoms with Crippen molar-refractivity contribution in [2.75, 3.05) is 12.3 Å². The van der Waals surface area contributed by atoms with Crippen molar-refractivity contribution < 1.29 is 4.79 Å². The monoisotopic (exact) mass is 249 g/mol. The van der Waals surface area contributed by atoms with Gasteiger partial charge in [-0.25, -0.2) is 4.98 Å². The zero-order chi connectivity index (χ0) is 13.7. The van der Waals surface area contributed by atoms with Gasteiger partial charge in [0.05, 0.1) is 0 Å². The number of nitrogens with two attached hydrogens (primary N) is 1. The molecular weight excluding hydrogens is 226 g/mol. The Morgan fingerprint density at radius 1 is 1.39 bits per heavy atom. The number of anilines is 1. The Labute approximate surface area is 109 Å². The average molecular weight is 249 g/mol. The molecule has 0 bridgehead atoms. The molecule has 1 atom stereocenters. The van der Waals surface area contributed by atoms with Crippen molar-refractivity contribution in [1.29, 1.82) is 0 Å². The zero-order valence-electron chi connectivity index (χ0n) is 11.7. The molecule has 0 spiro atoms. The number of rotatable bonds is 5. The van der Waals surface area contributed by atoms with Crippen molar-refractivity contribution in [1.82, 2.24) is 10.3 Å². The SMILES string of the molecule is CCc1cc(C(=O)NCC(C)C(C)C)cc(N)n1. The van der Waals surface area contributed by atoms with Gasteiger partial charge in [0, 0.05) is 17.8 Å². The standard InChI is InChI=1S/C14H23N3O/c1-5-12-6-11(7-13(15)17-12)14(18)16-8-10(4)9(2)3/h6-7,9-10H,5,8H2,1-4H3,(H2,15,17)(H,16,18). The van der Waals surface area contributed by atoms with Gasteiger partial charge in [0.1, 0.15) is 5.82 Å². The number of carbonyl (C=O) groups excluding carboxylic acids is 1. The highest BCUT2D eigenvalue weighted by molar-refractivity contribution is 5.94. The predicted molar refractivity (Wildman–Crippen MR) is 74.4 cm³/mol. The van der Waals surface area contributed by atoms with Crippen LogP contribution in [-0.2, 0) is 6.42 Å². The summed E-state index contributed by atoms with van der Waals surface area (Å²) in [5.74, 6) is 1.33. The van der Waals surface area contributed by atoms with E-state index >= 15 is 0 Å². The van der Waals surface area contributed by atoms with E-state index in [1.165, 1.54) is 0 Å². The Morgan fingerprint density at radius 2 is 2.06 bits per heavy atom. The number of carbonyl (C=O) groups is 1. The molecule has 0 saturated heterocycles. The number of aryl methyl sites for hydroxylation is 1. The molecule has 4 nitrogen and oxygen atoms in total. The molecule has 0 aliphatic carbocycles. The third-order valence-electron chi connectivity index (χ3n) is 3.25. The first-order valence-electron chi connectivity index (χ1n) is 6.48. The first-order valence-corrected chi connectivity index (χ1v) is 6.48. The van der Waals surface area contributed by atoms with Crippen molar-refractivity contribution in [2.45, 2.75) is 34.1 Å². The van der Waals surface area contributed by atoms with Crippen molar-refractivity contribution >= 4 is 11.7 Å². The number of amides is 1. The number of nitrogens with one attached hydrogen (secondary N) is 1. The summed E-state index contributed by atoms with van der Waals surface area (Å²) in [6.45, 7) is 9.10. The Kier molecular flexibility index (Phi) is 5.13. The van der Waals surface area contributed by atoms with Gasteiger partial charge >= 0.3 is 0 Å². The van der Waals surface area contributed by atoms with Gasteiger partial charge in [0.25, 0.3) is 5.91 Å². The Morgan fingerprint density at radius 3 is 2.61 bits per heavy atom. The molecular formula is C14H23N3O. The normalized spacial score (nSPS) is 12.5. The van der Waals surface area contributed by atoms with Gasteiger partial charge in [-0.05, 0) is 30.4 Å². The summed E-state index contributed by atoms with van der Waals surface area (Å²) >= 11 is 0. The first-order chi connectivity index (χ1) is 8.43. The van der Waals surface area contributed by atoms with Crippen LogP contribution in [0.2, 0.25) is 0 Å². The summed E-state index contributed by atoms with van der Waals surface area (Å²) in [7, 11) is 0. The van der Waals surface area contributed by atoms with Crippen LogP contribution in [0.3, 0.4) is 0 Å². The van der Waals surface area contributed by atoms with Crippen LogP contribution in [0.4, 0.5) is 5.82 Å². The lowest BCUT2D eigenvalue weighted by molar-refractivity contribution is 0.0944. The van der Waals surface area contributed by atoms with E-state index in [2.05, 4.69) is 31.1 Å². The van der Waals surface area contributed by atoms with Gasteiger partial charge in [-0.3, -0.25) is 4.79 Å². The van der Waals surface area contributed by atoms with Gasteiger partial charge < -0.3 is 11.1 Å². The molecule has 1 rings (SSSR count). The smallest absolute Gasteiger partial charge is 0.251 e. The summed E-state index contributed by atoms with van der Waals surface area (Å²) < 4.78 is 0. The van der Waals surface area contributed by atoms with Crippen LogP contribution in [0.1, 0.15) is 43.7 Å². The maximum atomic E-state index is 12.0. The predicted octanol–water partition coefficient (Wildman–Crippen LogP) is 2.25. The molecule has 100 valence electrons. The molecule has 18 heavy (non-hydrogen) atoms. The summed E-state index contributed by atoms with van der Waals surface area (Å²) in [4.78, 5) is 16.2. The van der Waals surface area contributed by atoms with E-state index < -0.39 is 0 Å². The molecule has 1 amide bonds. The molecule has 0 aromatic carbocycles. The lowest BCUT2D eigenvalue weighted by Gasteiger charge is -2.16. The van der Waals surface area contributed by atoms with Crippen molar-refractivity contribution in [3.63, 3.8) is 0 Å². The van der Waals surface area contributed by atoms with E-state index in [1.807, 2.05) is 6.92 Å². The fraction of sp³-hybridized carbons (Fsp3) is 0.571. The van der Waals surface area contributed by atoms with Crippen LogP contribution in [0, 0.1) is 11.8 Å². The number of hydrogen-bond acceptors (Lipinski definition) is 3. The minimum absolute atomic E-state index is 0.0775. The van der Waals surface area contributed by atoms with Crippen LogP contribution < -0.4 is 11.1 Å². The van der Waals surface area contributed by atoms with Crippen LogP contribution in [0.25, 0.3) is 0 Å². The van der Waals surface area contributed by atoms with E-state index in [9.17, 15) is 4.79 Å². The van der Waals surface area contributed by atoms with Gasteiger partial charge in [-0.1, -0.05) is 27.7 Å². The number of pyridine rings is 1. The fourth-order valence-electron chi connectivity index (χ4n) is 1.51. The highest BCUT2D eigenvalue weighted by Gasteiger charge is 2.11. The molecule has 0 saturated carbocycles. The number of hydrogen-bond donors (Lipinski definition) is 2. The highest BCUT2D eigenvalue weighted by atomic mass is 16.1. The highest BCUT2D eigenvalue weighted by Crippen LogP contribution is 2.10. The second-order valence-corrected chi connectivity index (χ2v) is 5.06. The van der Waals surface area contributed by atoms with Gasteiger partial charge in [0.2, 0.25) is 0 Å². The van der Waals surface area contributed by atoms with Crippen molar-refractivity contribution in [3.8, 4) is 0 Å². The number of aromatic nitrogens is 1. The summed E-state index contributed by atoms with van der Waals surface area (Å²) in [6, 6.07) is 3.42. The van der Waals surface area contributed by atoms with E-state index in [4.69, 9.17) is 5.73 Å². The van der Waals surface area contributed by atoms with E-state index in [1.54, 1.807) is 12.1 Å². The Balaban J connectivity index is 2.69. The maximum Gasteiger partial charge on any atom is 0.251 e. The van der Waals surface area contributed by atoms with Crippen LogP contribution in [-0.4, -0.2) is 17.4 Å². The molecule has 1 aromatic heterocycles. The van der Waals surface area contributed by atoms with Crippen LogP contribution in [0.15, 0.2) is 12.1 Å². The minimum Gasteiger partial charge on any atom is -0.384 e. The lowest BCUT2D eigenvalue weighted by Crippen LogP contribution is -2.30. The zero-order valence-corrected chi connectivity index (χ0v) is 11.7. The summed E-state index contributed by atoms with van der Waals surface area (Å²) in [5, 5.41) is 2.94. The second-order valence-electron chi connectivity index (χ2n) is 5.06. The second kappa shape index (κ2) is 6.38. The molecule has 1 aromatic rings. The van der Waals surface area contributed by atoms with Crippen LogP contribution >= 0.6 is 0 Å². The summed E-state index contributed by atoms with van der Waals surface area (Å²) in [5.41, 5.74) is 7.12. The maximum absolute atomic E-state index is 12.0. The average Bonchev–Trinajstić information content (AvgIpc) is 2.34. The third-order valence-corrected chi connectivity index (χ3v) is 3.25. The van der Waals surface area contributed by atoms with Gasteiger partial charge in [-0.2, -0.15) is 0 Å².